The van der Waals surface area contributed by atoms with E-state index in [9.17, 15) is 0 Å². The van der Waals surface area contributed by atoms with Gasteiger partial charge >= 0.3 is 0 Å². The highest BCUT2D eigenvalue weighted by Gasteiger charge is 2.22. The van der Waals surface area contributed by atoms with Crippen LogP contribution in [0.25, 0.3) is 0 Å². The number of hydrogen-bond donors (Lipinski definition) is 0. The van der Waals surface area contributed by atoms with Crippen LogP contribution in [0.3, 0.4) is 0 Å². The Morgan fingerprint density at radius 2 is 0.707 bits per heavy atom. The van der Waals surface area contributed by atoms with Crippen LogP contribution in [0.15, 0.2) is 0 Å². The summed E-state index contributed by atoms with van der Waals surface area (Å²) in [5.74, 6) is 0.776. The van der Waals surface area contributed by atoms with E-state index < -0.39 is 0 Å². The van der Waals surface area contributed by atoms with Gasteiger partial charge in [0.05, 0.1) is 13.2 Å². The standard InChI is InChI=1S/C39H78O2/c1-3-5-7-9-11-13-15-17-19-20-22-24-26-28-30-32-34-38(35-40-36-39-37-41-39)33-31-29-27-25-23-21-18-16-14-12-10-8-6-4-2/h38-39H,3-37H2,1-2H3. The molecule has 0 saturated carbocycles. The van der Waals surface area contributed by atoms with Gasteiger partial charge in [-0.3, -0.25) is 0 Å². The monoisotopic (exact) mass is 579 g/mol. The van der Waals surface area contributed by atoms with Gasteiger partial charge in [0.15, 0.2) is 0 Å². The van der Waals surface area contributed by atoms with Gasteiger partial charge in [-0.15, -0.1) is 0 Å². The average molecular weight is 579 g/mol. The lowest BCUT2D eigenvalue weighted by Crippen LogP contribution is -2.13. The van der Waals surface area contributed by atoms with Crippen molar-refractivity contribution in [1.29, 1.82) is 0 Å². The Labute approximate surface area is 260 Å². The third kappa shape index (κ3) is 31.2. The van der Waals surface area contributed by atoms with Gasteiger partial charge in [0.2, 0.25) is 0 Å². The molecular weight excluding hydrogens is 500 g/mol. The third-order valence-corrected chi connectivity index (χ3v) is 9.49. The lowest BCUT2D eigenvalue weighted by atomic mass is 9.94. The quantitative estimate of drug-likeness (QED) is 0.0544. The molecule has 0 N–H and O–H groups in total. The van der Waals surface area contributed by atoms with Crippen molar-refractivity contribution in [3.8, 4) is 0 Å². The molecule has 0 aromatic carbocycles. The Bertz CT molecular complexity index is 474. The van der Waals surface area contributed by atoms with E-state index in [0.29, 0.717) is 6.10 Å². The molecular formula is C39H78O2. The Hall–Kier alpha value is -0.0800. The third-order valence-electron chi connectivity index (χ3n) is 9.49. The lowest BCUT2D eigenvalue weighted by molar-refractivity contribution is 0.0787. The molecule has 1 saturated heterocycles. The van der Waals surface area contributed by atoms with Crippen molar-refractivity contribution in [2.45, 2.75) is 225 Å². The first-order valence-electron chi connectivity index (χ1n) is 19.6. The predicted octanol–water partition coefficient (Wildman–Crippen LogP) is 13.5. The van der Waals surface area contributed by atoms with Gasteiger partial charge in [-0.1, -0.05) is 206 Å². The van der Waals surface area contributed by atoms with Gasteiger partial charge in [0.1, 0.15) is 6.10 Å². The first-order valence-corrected chi connectivity index (χ1v) is 19.6. The van der Waals surface area contributed by atoms with Crippen molar-refractivity contribution in [2.75, 3.05) is 19.8 Å². The Morgan fingerprint density at radius 1 is 0.439 bits per heavy atom. The largest absolute Gasteiger partial charge is 0.378 e. The zero-order valence-corrected chi connectivity index (χ0v) is 28.7. The zero-order chi connectivity index (χ0) is 29.3. The molecule has 0 amide bonds. The predicted molar refractivity (Wildman–Crippen MR) is 183 cm³/mol. The van der Waals surface area contributed by atoms with Crippen molar-refractivity contribution in [3.63, 3.8) is 0 Å². The van der Waals surface area contributed by atoms with E-state index in [0.717, 1.165) is 25.7 Å². The molecule has 1 aliphatic rings. The first kappa shape index (κ1) is 38.9. The molecule has 41 heavy (non-hydrogen) atoms. The van der Waals surface area contributed by atoms with Gasteiger partial charge in [-0.25, -0.2) is 0 Å². The molecule has 0 aliphatic carbocycles. The van der Waals surface area contributed by atoms with E-state index in [-0.39, 0.29) is 0 Å². The van der Waals surface area contributed by atoms with E-state index in [1.807, 2.05) is 0 Å². The summed E-state index contributed by atoms with van der Waals surface area (Å²) < 4.78 is 11.4. The molecule has 246 valence electrons. The van der Waals surface area contributed by atoms with Crippen LogP contribution in [-0.4, -0.2) is 25.9 Å². The van der Waals surface area contributed by atoms with Crippen LogP contribution in [0.1, 0.15) is 219 Å². The van der Waals surface area contributed by atoms with E-state index >= 15 is 0 Å². The summed E-state index contributed by atoms with van der Waals surface area (Å²) in [6.07, 6.45) is 46.7. The second kappa shape index (κ2) is 32.8. The molecule has 2 atom stereocenters. The number of hydrogen-bond acceptors (Lipinski definition) is 2. The summed E-state index contributed by atoms with van der Waals surface area (Å²) in [6, 6.07) is 0. The molecule has 1 aliphatic heterocycles. The highest BCUT2D eigenvalue weighted by atomic mass is 16.6. The Kier molecular flexibility index (Phi) is 31.2. The summed E-state index contributed by atoms with van der Waals surface area (Å²) in [5, 5.41) is 0. The van der Waals surface area contributed by atoms with Gasteiger partial charge in [-0.05, 0) is 18.8 Å². The van der Waals surface area contributed by atoms with Gasteiger partial charge in [-0.2, -0.15) is 0 Å². The Balaban J connectivity index is 1.90. The van der Waals surface area contributed by atoms with Gasteiger partial charge in [0.25, 0.3) is 0 Å². The topological polar surface area (TPSA) is 21.8 Å². The van der Waals surface area contributed by atoms with Crippen LogP contribution in [0.4, 0.5) is 0 Å². The number of unbranched alkanes of at least 4 members (excludes halogenated alkanes) is 28. The maximum absolute atomic E-state index is 6.04. The number of ether oxygens (including phenoxy) is 2. The summed E-state index contributed by atoms with van der Waals surface area (Å²) in [6.45, 7) is 7.33. The zero-order valence-electron chi connectivity index (χ0n) is 28.7. The molecule has 0 aromatic rings. The molecule has 1 rings (SSSR count). The van der Waals surface area contributed by atoms with Crippen molar-refractivity contribution in [3.05, 3.63) is 0 Å². The molecule has 2 nitrogen and oxygen atoms in total. The average Bonchev–Trinajstić information content (AvgIpc) is 3.81. The van der Waals surface area contributed by atoms with Crippen molar-refractivity contribution < 1.29 is 9.47 Å². The second-order valence-corrected chi connectivity index (χ2v) is 13.8. The molecule has 2 heteroatoms. The molecule has 2 unspecified atom stereocenters. The minimum atomic E-state index is 0.409. The smallest absolute Gasteiger partial charge is 0.104 e. The fourth-order valence-electron chi connectivity index (χ4n) is 6.45. The van der Waals surface area contributed by atoms with Crippen LogP contribution >= 0.6 is 0 Å². The maximum atomic E-state index is 6.04. The number of rotatable bonds is 36. The SMILES string of the molecule is CCCCCCCCCCCCCCCCCCC(CCCCCCCCCCCCCCCC)COCC1CO1. The summed E-state index contributed by atoms with van der Waals surface area (Å²) >= 11 is 0. The summed E-state index contributed by atoms with van der Waals surface area (Å²) in [4.78, 5) is 0. The van der Waals surface area contributed by atoms with Gasteiger partial charge in [0, 0.05) is 6.61 Å². The minimum absolute atomic E-state index is 0.409. The summed E-state index contributed by atoms with van der Waals surface area (Å²) in [7, 11) is 0. The lowest BCUT2D eigenvalue weighted by Gasteiger charge is -2.17. The van der Waals surface area contributed by atoms with E-state index in [1.54, 1.807) is 0 Å². The second-order valence-electron chi connectivity index (χ2n) is 13.8. The van der Waals surface area contributed by atoms with Crippen molar-refractivity contribution in [2.24, 2.45) is 5.92 Å². The molecule has 0 bridgehead atoms. The van der Waals surface area contributed by atoms with Crippen molar-refractivity contribution >= 4 is 0 Å². The molecule has 1 heterocycles. The maximum Gasteiger partial charge on any atom is 0.104 e. The molecule has 0 radical (unpaired) electrons. The van der Waals surface area contributed by atoms with Crippen molar-refractivity contribution in [1.82, 2.24) is 0 Å². The van der Waals surface area contributed by atoms with Crippen LogP contribution in [-0.2, 0) is 9.47 Å². The Morgan fingerprint density at radius 3 is 0.976 bits per heavy atom. The normalized spacial score (nSPS) is 15.5. The van der Waals surface area contributed by atoms with Crippen LogP contribution in [0, 0.1) is 5.92 Å². The summed E-state index contributed by atoms with van der Waals surface area (Å²) in [5.41, 5.74) is 0. The van der Waals surface area contributed by atoms with Crippen LogP contribution in [0.2, 0.25) is 0 Å². The van der Waals surface area contributed by atoms with Crippen LogP contribution in [0.5, 0.6) is 0 Å². The fraction of sp³-hybridized carbons (Fsp3) is 1.00. The molecule has 0 spiro atoms. The van der Waals surface area contributed by atoms with E-state index in [2.05, 4.69) is 13.8 Å². The molecule has 0 aromatic heterocycles. The first-order chi connectivity index (χ1) is 20.4. The highest BCUT2D eigenvalue weighted by molar-refractivity contribution is 4.68. The van der Waals surface area contributed by atoms with E-state index in [1.165, 1.54) is 205 Å². The minimum Gasteiger partial charge on any atom is -0.378 e. The fourth-order valence-corrected chi connectivity index (χ4v) is 6.45. The van der Waals surface area contributed by atoms with Gasteiger partial charge < -0.3 is 9.47 Å². The molecule has 1 fully saturated rings. The van der Waals surface area contributed by atoms with E-state index in [4.69, 9.17) is 9.47 Å². The number of epoxide rings is 1. The van der Waals surface area contributed by atoms with Crippen LogP contribution < -0.4 is 0 Å². The highest BCUT2D eigenvalue weighted by Crippen LogP contribution is 2.21.